The lowest BCUT2D eigenvalue weighted by Crippen LogP contribution is -2.28. The van der Waals surface area contributed by atoms with E-state index in [0.29, 0.717) is 0 Å². The molecule has 0 aliphatic heterocycles. The van der Waals surface area contributed by atoms with Crippen LogP contribution in [-0.2, 0) is 10.8 Å². The molecule has 14 rings (SSSR count). The van der Waals surface area contributed by atoms with Crippen LogP contribution in [0.4, 0.5) is 17.1 Å². The lowest BCUT2D eigenvalue weighted by Gasteiger charge is -2.35. The molecule has 2 heteroatoms. The number of benzene rings is 11. The van der Waals surface area contributed by atoms with Crippen LogP contribution in [0.3, 0.4) is 0 Å². The van der Waals surface area contributed by atoms with E-state index in [1.54, 1.807) is 0 Å². The number of nitrogens with zero attached hydrogens (tertiary/aromatic N) is 1. The quantitative estimate of drug-likeness (QED) is 0.158. The van der Waals surface area contributed by atoms with Gasteiger partial charge < -0.3 is 9.32 Å². The minimum Gasteiger partial charge on any atom is -0.455 e. The Bertz CT molecular complexity index is 3990. The Labute approximate surface area is 408 Å². The molecule has 0 fully saturated rings. The number of rotatable bonds is 7. The van der Waals surface area contributed by atoms with Crippen molar-refractivity contribution in [2.75, 3.05) is 4.90 Å². The summed E-state index contributed by atoms with van der Waals surface area (Å²) in [6, 6.07) is 91.7. The van der Waals surface area contributed by atoms with Gasteiger partial charge in [0.15, 0.2) is 0 Å². The first kappa shape index (κ1) is 40.4. The monoisotopic (exact) mass is 893 g/mol. The Hall–Kier alpha value is -8.72. The van der Waals surface area contributed by atoms with Gasteiger partial charge in [0.2, 0.25) is 0 Å². The molecule has 1 heterocycles. The van der Waals surface area contributed by atoms with Gasteiger partial charge >= 0.3 is 0 Å². The molecule has 12 aromatic rings. The third kappa shape index (κ3) is 5.74. The van der Waals surface area contributed by atoms with Crippen LogP contribution < -0.4 is 4.90 Å². The van der Waals surface area contributed by atoms with Gasteiger partial charge in [-0.1, -0.05) is 220 Å². The Balaban J connectivity index is 1.06. The first-order valence-corrected chi connectivity index (χ1v) is 24.4. The molecule has 1 aromatic heterocycles. The zero-order chi connectivity index (χ0) is 46.6. The molecule has 2 aliphatic rings. The third-order valence-corrected chi connectivity index (χ3v) is 15.5. The zero-order valence-electron chi connectivity index (χ0n) is 39.0. The smallest absolute Gasteiger partial charge is 0.143 e. The van der Waals surface area contributed by atoms with Gasteiger partial charge in [-0.05, 0) is 120 Å². The highest BCUT2D eigenvalue weighted by atomic mass is 16.3. The molecule has 0 atom stereocenters. The van der Waals surface area contributed by atoms with Crippen molar-refractivity contribution in [1.82, 2.24) is 0 Å². The van der Waals surface area contributed by atoms with Crippen LogP contribution in [-0.4, -0.2) is 0 Å². The van der Waals surface area contributed by atoms with Crippen molar-refractivity contribution in [1.29, 1.82) is 0 Å². The number of para-hydroxylation sites is 1. The summed E-state index contributed by atoms with van der Waals surface area (Å²) < 4.78 is 7.30. The highest BCUT2D eigenvalue weighted by molar-refractivity contribution is 6.22. The molecule has 0 amide bonds. The Morgan fingerprint density at radius 1 is 0.371 bits per heavy atom. The SMILES string of the molecule is CC1(C)c2ccccc2-c2ccc(-c3c4ccccc4cc4c3oc3cccc(N(c5ccc6c(c5)C(c5ccccc5)(c5ccccc5)c5ccccc5-6)c5ccccc5-c5ccccc5)c34)cc21. The van der Waals surface area contributed by atoms with Gasteiger partial charge in [0.25, 0.3) is 0 Å². The fourth-order valence-corrected chi connectivity index (χ4v) is 12.4. The molecule has 0 bridgehead atoms. The van der Waals surface area contributed by atoms with E-state index in [4.69, 9.17) is 4.42 Å². The van der Waals surface area contributed by atoms with Crippen molar-refractivity contribution in [3.63, 3.8) is 0 Å². The largest absolute Gasteiger partial charge is 0.455 e. The van der Waals surface area contributed by atoms with Gasteiger partial charge in [0.1, 0.15) is 11.2 Å². The summed E-state index contributed by atoms with van der Waals surface area (Å²) in [4.78, 5) is 2.49. The maximum absolute atomic E-state index is 7.30. The van der Waals surface area contributed by atoms with Crippen molar-refractivity contribution in [3.05, 3.63) is 282 Å². The molecule has 0 unspecified atom stereocenters. The second-order valence-electron chi connectivity index (χ2n) is 19.5. The standard InChI is InChI=1S/C68H47NO/c1-67(2)57-32-17-14-30-52(57)54-39-37-46(42-59(54)67)64-51-29-13-12-23-45(51)41-56-65-62(35-20-36-63(65)70-66(56)64)69(61-34-19-16-28-50(61)44-21-6-3-7-22-44)49-38-40-55-53-31-15-18-33-58(53)68(60(55)43-49,47-24-8-4-9-25-47)48-26-10-5-11-27-48/h3-43H,1-2H3. The van der Waals surface area contributed by atoms with Gasteiger partial charge in [0.05, 0.1) is 22.2 Å². The van der Waals surface area contributed by atoms with E-state index < -0.39 is 5.41 Å². The van der Waals surface area contributed by atoms with Gasteiger partial charge in [-0.25, -0.2) is 0 Å². The number of anilines is 3. The first-order valence-electron chi connectivity index (χ1n) is 24.4. The Morgan fingerprint density at radius 2 is 0.943 bits per heavy atom. The van der Waals surface area contributed by atoms with E-state index >= 15 is 0 Å². The van der Waals surface area contributed by atoms with Crippen molar-refractivity contribution in [2.24, 2.45) is 0 Å². The minimum atomic E-state index is -0.566. The highest BCUT2D eigenvalue weighted by Crippen LogP contribution is 2.58. The van der Waals surface area contributed by atoms with Crippen LogP contribution in [0.5, 0.6) is 0 Å². The van der Waals surface area contributed by atoms with E-state index in [0.717, 1.165) is 61.3 Å². The predicted octanol–water partition coefficient (Wildman–Crippen LogP) is 18.2. The molecule has 0 spiro atoms. The molecule has 11 aromatic carbocycles. The summed E-state index contributed by atoms with van der Waals surface area (Å²) in [6.45, 7) is 4.72. The van der Waals surface area contributed by atoms with E-state index in [9.17, 15) is 0 Å². The topological polar surface area (TPSA) is 16.4 Å². The second kappa shape index (κ2) is 15.4. The van der Waals surface area contributed by atoms with Crippen LogP contribution in [0.15, 0.2) is 253 Å². The van der Waals surface area contributed by atoms with Crippen LogP contribution in [0.25, 0.3) is 77.2 Å². The van der Waals surface area contributed by atoms with Gasteiger partial charge in [-0.2, -0.15) is 0 Å². The van der Waals surface area contributed by atoms with Gasteiger partial charge in [-0.3, -0.25) is 0 Å². The summed E-state index contributed by atoms with van der Waals surface area (Å²) in [5, 5.41) is 4.50. The van der Waals surface area contributed by atoms with Crippen molar-refractivity contribution >= 4 is 49.8 Å². The molecular weight excluding hydrogens is 847 g/mol. The fraction of sp³-hybridized carbons (Fsp3) is 0.0588. The maximum atomic E-state index is 7.30. The lowest BCUT2D eigenvalue weighted by atomic mass is 9.67. The van der Waals surface area contributed by atoms with E-state index in [2.05, 4.69) is 267 Å². The first-order chi connectivity index (χ1) is 34.5. The lowest BCUT2D eigenvalue weighted by molar-refractivity contribution is 0.660. The molecule has 0 saturated carbocycles. The molecule has 2 nitrogen and oxygen atoms in total. The molecule has 0 radical (unpaired) electrons. The number of hydrogen-bond acceptors (Lipinski definition) is 2. The average Bonchev–Trinajstić information content (AvgIpc) is 4.02. The number of fused-ring (bicyclic) bond motifs is 10. The third-order valence-electron chi connectivity index (χ3n) is 15.5. The molecule has 330 valence electrons. The average molecular weight is 894 g/mol. The Kier molecular flexibility index (Phi) is 8.88. The van der Waals surface area contributed by atoms with Crippen molar-refractivity contribution in [2.45, 2.75) is 24.7 Å². The van der Waals surface area contributed by atoms with E-state index in [1.165, 1.54) is 66.4 Å². The molecule has 0 N–H and O–H groups in total. The fourth-order valence-electron chi connectivity index (χ4n) is 12.4. The summed E-state index contributed by atoms with van der Waals surface area (Å²) in [5.41, 5.74) is 21.6. The van der Waals surface area contributed by atoms with Crippen LogP contribution in [0.2, 0.25) is 0 Å². The van der Waals surface area contributed by atoms with E-state index in [1.807, 2.05) is 0 Å². The number of furan rings is 1. The molecule has 70 heavy (non-hydrogen) atoms. The molecular formula is C68H47NO. The summed E-state index contributed by atoms with van der Waals surface area (Å²) >= 11 is 0. The number of hydrogen-bond donors (Lipinski definition) is 0. The van der Waals surface area contributed by atoms with Gasteiger partial charge in [-0.15, -0.1) is 0 Å². The summed E-state index contributed by atoms with van der Waals surface area (Å²) in [5.74, 6) is 0. The highest BCUT2D eigenvalue weighted by Gasteiger charge is 2.46. The molecule has 0 saturated heterocycles. The van der Waals surface area contributed by atoms with Crippen molar-refractivity contribution in [3.8, 4) is 44.5 Å². The van der Waals surface area contributed by atoms with Gasteiger partial charge in [0, 0.05) is 27.6 Å². The van der Waals surface area contributed by atoms with E-state index in [-0.39, 0.29) is 5.41 Å². The normalized spacial score (nSPS) is 13.8. The Morgan fingerprint density at radius 3 is 1.70 bits per heavy atom. The molecule has 2 aliphatic carbocycles. The summed E-state index contributed by atoms with van der Waals surface area (Å²) in [6.07, 6.45) is 0. The van der Waals surface area contributed by atoms with Crippen LogP contribution in [0.1, 0.15) is 47.2 Å². The van der Waals surface area contributed by atoms with Crippen LogP contribution in [0, 0.1) is 0 Å². The summed E-state index contributed by atoms with van der Waals surface area (Å²) in [7, 11) is 0. The second-order valence-corrected chi connectivity index (χ2v) is 19.5. The zero-order valence-corrected chi connectivity index (χ0v) is 39.0. The van der Waals surface area contributed by atoms with Crippen molar-refractivity contribution < 1.29 is 4.42 Å². The minimum absolute atomic E-state index is 0.144. The van der Waals surface area contributed by atoms with Crippen LogP contribution >= 0.6 is 0 Å². The predicted molar refractivity (Wildman–Crippen MR) is 292 cm³/mol. The maximum Gasteiger partial charge on any atom is 0.143 e.